The Balaban J connectivity index is 1.98. The zero-order chi connectivity index (χ0) is 14.8. The van der Waals surface area contributed by atoms with Crippen molar-refractivity contribution in [2.24, 2.45) is 0 Å². The first-order valence-corrected chi connectivity index (χ1v) is 10.0. The van der Waals surface area contributed by atoms with Crippen molar-refractivity contribution < 1.29 is 8.42 Å². The molecule has 0 amide bonds. The molecule has 4 nitrogen and oxygen atoms in total. The summed E-state index contributed by atoms with van der Waals surface area (Å²) in [7, 11) is -2.74. The summed E-state index contributed by atoms with van der Waals surface area (Å²) in [5.74, 6) is 0.667. The summed E-state index contributed by atoms with van der Waals surface area (Å²) in [6.07, 6.45) is 7.95. The molecule has 0 aliphatic carbocycles. The van der Waals surface area contributed by atoms with Crippen molar-refractivity contribution in [3.63, 3.8) is 0 Å². The molecule has 1 unspecified atom stereocenters. The Hall–Kier alpha value is -0.130. The monoisotopic (exact) mass is 304 g/mol. The van der Waals surface area contributed by atoms with Crippen LogP contribution < -0.4 is 5.32 Å². The summed E-state index contributed by atoms with van der Waals surface area (Å²) in [4.78, 5) is 2.25. The Labute approximate surface area is 125 Å². The van der Waals surface area contributed by atoms with Gasteiger partial charge in [-0.1, -0.05) is 39.0 Å². The van der Waals surface area contributed by atoms with Crippen molar-refractivity contribution in [1.82, 2.24) is 10.2 Å². The second kappa shape index (κ2) is 9.74. The van der Waals surface area contributed by atoms with Crippen LogP contribution in [-0.4, -0.2) is 57.0 Å². The van der Waals surface area contributed by atoms with Gasteiger partial charge >= 0.3 is 0 Å². The molecule has 1 atom stereocenters. The molecule has 0 bridgehead atoms. The third-order valence-corrected chi connectivity index (χ3v) is 5.71. The Bertz CT molecular complexity index is 330. The van der Waals surface area contributed by atoms with E-state index < -0.39 is 9.84 Å². The number of hydrogen-bond acceptors (Lipinski definition) is 4. The predicted octanol–water partition coefficient (Wildman–Crippen LogP) is 2.06. The fourth-order valence-electron chi connectivity index (χ4n) is 2.60. The van der Waals surface area contributed by atoms with Gasteiger partial charge in [0.05, 0.1) is 11.5 Å². The maximum absolute atomic E-state index is 11.3. The fourth-order valence-corrected chi connectivity index (χ4v) is 3.88. The van der Waals surface area contributed by atoms with Gasteiger partial charge in [0.25, 0.3) is 0 Å². The summed E-state index contributed by atoms with van der Waals surface area (Å²) in [5.41, 5.74) is 0. The molecule has 0 spiro atoms. The number of rotatable bonds is 10. The van der Waals surface area contributed by atoms with E-state index in [1.54, 1.807) is 0 Å². The van der Waals surface area contributed by atoms with E-state index in [2.05, 4.69) is 24.1 Å². The van der Waals surface area contributed by atoms with Crippen molar-refractivity contribution >= 4 is 9.84 Å². The Morgan fingerprint density at radius 3 is 2.40 bits per heavy atom. The smallest absolute Gasteiger partial charge is 0.152 e. The van der Waals surface area contributed by atoms with Crippen LogP contribution in [0, 0.1) is 0 Å². The molecule has 1 rings (SSSR count). The molecule has 1 N–H and O–H groups in total. The molecule has 1 fully saturated rings. The van der Waals surface area contributed by atoms with Crippen LogP contribution in [0.3, 0.4) is 0 Å². The van der Waals surface area contributed by atoms with E-state index in [0.717, 1.165) is 13.1 Å². The lowest BCUT2D eigenvalue weighted by molar-refractivity contribution is 0.288. The minimum atomic E-state index is -2.74. The molecule has 1 saturated heterocycles. The first kappa shape index (κ1) is 17.9. The molecular formula is C15H32N2O2S. The van der Waals surface area contributed by atoms with Gasteiger partial charge in [0.2, 0.25) is 0 Å². The van der Waals surface area contributed by atoms with E-state index in [1.807, 2.05) is 0 Å². The largest absolute Gasteiger partial charge is 0.313 e. The first-order chi connectivity index (χ1) is 9.53. The van der Waals surface area contributed by atoms with Gasteiger partial charge in [-0.15, -0.1) is 0 Å². The lowest BCUT2D eigenvalue weighted by Gasteiger charge is -2.27. The van der Waals surface area contributed by atoms with Gasteiger partial charge in [-0.05, 0) is 13.3 Å². The van der Waals surface area contributed by atoms with E-state index in [-0.39, 0.29) is 0 Å². The lowest BCUT2D eigenvalue weighted by Crippen LogP contribution is -2.44. The minimum Gasteiger partial charge on any atom is -0.313 e. The third-order valence-electron chi connectivity index (χ3n) is 4.10. The van der Waals surface area contributed by atoms with Gasteiger partial charge in [0.1, 0.15) is 0 Å². The van der Waals surface area contributed by atoms with Gasteiger partial charge in [-0.25, -0.2) is 8.42 Å². The first-order valence-electron chi connectivity index (χ1n) is 8.19. The van der Waals surface area contributed by atoms with Gasteiger partial charge in [-0.2, -0.15) is 0 Å². The molecule has 0 saturated carbocycles. The van der Waals surface area contributed by atoms with Crippen LogP contribution in [0.15, 0.2) is 0 Å². The van der Waals surface area contributed by atoms with Crippen LogP contribution in [0.25, 0.3) is 0 Å². The standard InChI is InChI=1S/C15H32N2O2S/c1-3-4-5-6-7-8-15(2)16-9-10-17-11-13-20(18,19)14-12-17/h15-16H,3-14H2,1-2H3. The summed E-state index contributed by atoms with van der Waals surface area (Å²) in [5, 5.41) is 3.55. The molecule has 0 aromatic carbocycles. The Kier molecular flexibility index (Phi) is 8.73. The van der Waals surface area contributed by atoms with Crippen LogP contribution in [0.5, 0.6) is 0 Å². The maximum Gasteiger partial charge on any atom is 0.152 e. The van der Waals surface area contributed by atoms with Gasteiger partial charge in [-0.3, -0.25) is 0 Å². The highest BCUT2D eigenvalue weighted by molar-refractivity contribution is 7.91. The average Bonchev–Trinajstić information content (AvgIpc) is 2.40. The predicted molar refractivity (Wildman–Crippen MR) is 85.9 cm³/mol. The minimum absolute atomic E-state index is 0.333. The zero-order valence-corrected chi connectivity index (χ0v) is 14.1. The molecule has 0 radical (unpaired) electrons. The average molecular weight is 305 g/mol. The van der Waals surface area contributed by atoms with E-state index in [1.165, 1.54) is 38.5 Å². The highest BCUT2D eigenvalue weighted by Crippen LogP contribution is 2.07. The van der Waals surface area contributed by atoms with Gasteiger partial charge in [0.15, 0.2) is 9.84 Å². The summed E-state index contributed by atoms with van der Waals surface area (Å²) in [6.45, 7) is 7.84. The van der Waals surface area contributed by atoms with E-state index in [0.29, 0.717) is 30.6 Å². The van der Waals surface area contributed by atoms with Gasteiger partial charge < -0.3 is 10.2 Å². The number of hydrogen-bond donors (Lipinski definition) is 1. The van der Waals surface area contributed by atoms with Crippen molar-refractivity contribution in [1.29, 1.82) is 0 Å². The van der Waals surface area contributed by atoms with E-state index >= 15 is 0 Å². The molecular weight excluding hydrogens is 272 g/mol. The normalized spacial score (nSPS) is 20.9. The number of nitrogens with one attached hydrogen (secondary N) is 1. The van der Waals surface area contributed by atoms with Crippen molar-refractivity contribution in [2.75, 3.05) is 37.7 Å². The topological polar surface area (TPSA) is 49.4 Å². The third kappa shape index (κ3) is 8.22. The molecule has 1 aliphatic heterocycles. The molecule has 1 heterocycles. The van der Waals surface area contributed by atoms with Gasteiger partial charge in [0, 0.05) is 32.2 Å². The Morgan fingerprint density at radius 2 is 1.75 bits per heavy atom. The van der Waals surface area contributed by atoms with Crippen LogP contribution in [-0.2, 0) is 9.84 Å². The SMILES string of the molecule is CCCCCCCC(C)NCCN1CCS(=O)(=O)CC1. The quantitative estimate of drug-likeness (QED) is 0.628. The van der Waals surface area contributed by atoms with E-state index in [4.69, 9.17) is 0 Å². The zero-order valence-electron chi connectivity index (χ0n) is 13.2. The van der Waals surface area contributed by atoms with Crippen LogP contribution in [0.2, 0.25) is 0 Å². The number of sulfone groups is 1. The highest BCUT2D eigenvalue weighted by atomic mass is 32.2. The molecule has 20 heavy (non-hydrogen) atoms. The number of unbranched alkanes of at least 4 members (excludes halogenated alkanes) is 4. The second-order valence-corrected chi connectivity index (χ2v) is 8.36. The molecule has 120 valence electrons. The van der Waals surface area contributed by atoms with Crippen LogP contribution >= 0.6 is 0 Å². The van der Waals surface area contributed by atoms with E-state index in [9.17, 15) is 8.42 Å². The van der Waals surface area contributed by atoms with Crippen molar-refractivity contribution in [3.05, 3.63) is 0 Å². The van der Waals surface area contributed by atoms with Crippen LogP contribution in [0.1, 0.15) is 52.4 Å². The van der Waals surface area contributed by atoms with Crippen molar-refractivity contribution in [2.45, 2.75) is 58.4 Å². The summed E-state index contributed by atoms with van der Waals surface area (Å²) >= 11 is 0. The molecule has 5 heteroatoms. The van der Waals surface area contributed by atoms with Crippen LogP contribution in [0.4, 0.5) is 0 Å². The highest BCUT2D eigenvalue weighted by Gasteiger charge is 2.20. The molecule has 0 aromatic heterocycles. The summed E-state index contributed by atoms with van der Waals surface area (Å²) < 4.78 is 22.7. The Morgan fingerprint density at radius 1 is 1.10 bits per heavy atom. The fraction of sp³-hybridized carbons (Fsp3) is 1.00. The number of nitrogens with zero attached hydrogens (tertiary/aromatic N) is 1. The summed E-state index contributed by atoms with van der Waals surface area (Å²) in [6, 6.07) is 0.574. The lowest BCUT2D eigenvalue weighted by atomic mass is 10.1. The molecule has 0 aromatic rings. The van der Waals surface area contributed by atoms with Crippen molar-refractivity contribution in [3.8, 4) is 0 Å². The molecule has 1 aliphatic rings. The second-order valence-electron chi connectivity index (χ2n) is 6.05. The maximum atomic E-state index is 11.3.